The van der Waals surface area contributed by atoms with Gasteiger partial charge in [0.2, 0.25) is 0 Å². The molecule has 3 fully saturated rings. The summed E-state index contributed by atoms with van der Waals surface area (Å²) in [6.45, 7) is 1.56. The second-order valence-corrected chi connectivity index (χ2v) is 7.23. The largest absolute Gasteiger partial charge is 0.378 e. The third-order valence-corrected chi connectivity index (χ3v) is 5.92. The Morgan fingerprint density at radius 3 is 2.96 bits per heavy atom. The van der Waals surface area contributed by atoms with Crippen LogP contribution in [0.15, 0.2) is 24.4 Å². The van der Waals surface area contributed by atoms with Gasteiger partial charge < -0.3 is 15.4 Å². The van der Waals surface area contributed by atoms with Crippen LogP contribution in [0.3, 0.4) is 0 Å². The van der Waals surface area contributed by atoms with Crippen molar-refractivity contribution >= 4 is 6.03 Å². The molecule has 0 spiro atoms. The van der Waals surface area contributed by atoms with E-state index in [0.29, 0.717) is 18.6 Å². The lowest BCUT2D eigenvalue weighted by Crippen LogP contribution is -2.60. The predicted molar refractivity (Wildman–Crippen MR) is 87.2 cm³/mol. The minimum atomic E-state index is -0.0405. The number of rotatable bonds is 4. The predicted octanol–water partition coefficient (Wildman–Crippen LogP) is 2.37. The number of urea groups is 1. The van der Waals surface area contributed by atoms with Crippen LogP contribution >= 0.6 is 0 Å². The summed E-state index contributed by atoms with van der Waals surface area (Å²) in [4.78, 5) is 16.8. The number of hydrogen-bond acceptors (Lipinski definition) is 3. The molecular weight excluding hydrogens is 290 g/mol. The molecule has 2 aliphatic carbocycles. The van der Waals surface area contributed by atoms with E-state index in [2.05, 4.69) is 21.7 Å². The summed E-state index contributed by atoms with van der Waals surface area (Å²) < 4.78 is 5.71. The van der Waals surface area contributed by atoms with E-state index in [9.17, 15) is 4.79 Å². The van der Waals surface area contributed by atoms with Crippen molar-refractivity contribution < 1.29 is 9.53 Å². The van der Waals surface area contributed by atoms with Crippen molar-refractivity contribution in [3.8, 4) is 0 Å². The van der Waals surface area contributed by atoms with Gasteiger partial charge in [0.05, 0.1) is 6.10 Å². The van der Waals surface area contributed by atoms with Gasteiger partial charge in [0.25, 0.3) is 0 Å². The van der Waals surface area contributed by atoms with Gasteiger partial charge >= 0.3 is 6.03 Å². The molecule has 0 bridgehead atoms. The number of pyridine rings is 1. The molecule has 1 aliphatic heterocycles. The van der Waals surface area contributed by atoms with E-state index < -0.39 is 0 Å². The van der Waals surface area contributed by atoms with Crippen LogP contribution in [0.4, 0.5) is 4.79 Å². The van der Waals surface area contributed by atoms with Gasteiger partial charge in [0.15, 0.2) is 0 Å². The highest BCUT2D eigenvalue weighted by Gasteiger charge is 2.44. The van der Waals surface area contributed by atoms with Crippen LogP contribution < -0.4 is 10.6 Å². The van der Waals surface area contributed by atoms with Crippen molar-refractivity contribution in [1.29, 1.82) is 0 Å². The zero-order valence-electron chi connectivity index (χ0n) is 13.5. The van der Waals surface area contributed by atoms with Gasteiger partial charge in [-0.25, -0.2) is 4.79 Å². The van der Waals surface area contributed by atoms with E-state index in [-0.39, 0.29) is 17.5 Å². The van der Waals surface area contributed by atoms with Crippen molar-refractivity contribution in [2.45, 2.75) is 56.1 Å². The molecule has 5 heteroatoms. The molecule has 1 saturated heterocycles. The molecule has 0 aromatic carbocycles. The molecule has 5 nitrogen and oxygen atoms in total. The van der Waals surface area contributed by atoms with Gasteiger partial charge in [-0.05, 0) is 44.2 Å². The Labute approximate surface area is 137 Å². The first kappa shape index (κ1) is 14.9. The van der Waals surface area contributed by atoms with Crippen LogP contribution in [0.25, 0.3) is 0 Å². The molecule has 23 heavy (non-hydrogen) atoms. The van der Waals surface area contributed by atoms with Crippen LogP contribution in [0.1, 0.15) is 44.2 Å². The van der Waals surface area contributed by atoms with Crippen molar-refractivity contribution in [1.82, 2.24) is 15.6 Å². The van der Waals surface area contributed by atoms with Crippen LogP contribution in [0.2, 0.25) is 0 Å². The van der Waals surface area contributed by atoms with Gasteiger partial charge in [-0.1, -0.05) is 12.5 Å². The highest BCUT2D eigenvalue weighted by molar-refractivity contribution is 5.74. The van der Waals surface area contributed by atoms with E-state index >= 15 is 0 Å². The van der Waals surface area contributed by atoms with E-state index in [1.807, 2.05) is 18.3 Å². The van der Waals surface area contributed by atoms with E-state index in [1.165, 1.54) is 12.8 Å². The Kier molecular flexibility index (Phi) is 3.97. The van der Waals surface area contributed by atoms with Crippen LogP contribution in [0, 0.1) is 5.92 Å². The lowest BCUT2D eigenvalue weighted by atomic mass is 9.66. The average molecular weight is 315 g/mol. The maximum absolute atomic E-state index is 12.3. The van der Waals surface area contributed by atoms with Crippen molar-refractivity contribution in [3.63, 3.8) is 0 Å². The molecule has 0 unspecified atom stereocenters. The second kappa shape index (κ2) is 6.11. The van der Waals surface area contributed by atoms with E-state index in [1.54, 1.807) is 0 Å². The lowest BCUT2D eigenvalue weighted by molar-refractivity contribution is -0.0999. The number of hydrogen-bond donors (Lipinski definition) is 2. The zero-order chi connectivity index (χ0) is 15.7. The number of carbonyl (C=O) groups excluding carboxylic acids is 1. The quantitative estimate of drug-likeness (QED) is 0.896. The standard InChI is InChI=1S/C18H25N3O2/c22-17(21-14-11-15-13(14)5-3-10-23-15)20-12-18(7-4-8-18)16-6-1-2-9-19-16/h1-2,6,9,13-15H,3-5,7-8,10-12H2,(H2,20,21,22)/t13-,14+,15+/m0/s1. The molecule has 2 heterocycles. The summed E-state index contributed by atoms with van der Waals surface area (Å²) in [5, 5.41) is 6.23. The minimum absolute atomic E-state index is 0.0364. The summed E-state index contributed by atoms with van der Waals surface area (Å²) >= 11 is 0. The summed E-state index contributed by atoms with van der Waals surface area (Å²) in [6, 6.07) is 6.29. The fourth-order valence-electron chi connectivity index (χ4n) is 4.23. The number of fused-ring (bicyclic) bond motifs is 1. The molecule has 3 aliphatic rings. The summed E-state index contributed by atoms with van der Waals surface area (Å²) in [5.41, 5.74) is 1.14. The first-order valence-electron chi connectivity index (χ1n) is 8.84. The molecule has 124 valence electrons. The average Bonchev–Trinajstić information content (AvgIpc) is 2.53. The molecule has 3 atom stereocenters. The number of nitrogens with one attached hydrogen (secondary N) is 2. The van der Waals surface area contributed by atoms with Gasteiger partial charge in [-0.2, -0.15) is 0 Å². The molecule has 1 aromatic heterocycles. The van der Waals surface area contributed by atoms with Crippen molar-refractivity contribution in [2.24, 2.45) is 5.92 Å². The van der Waals surface area contributed by atoms with Crippen LogP contribution in [0.5, 0.6) is 0 Å². The smallest absolute Gasteiger partial charge is 0.315 e. The lowest BCUT2D eigenvalue weighted by Gasteiger charge is -2.47. The number of aromatic nitrogens is 1. The second-order valence-electron chi connectivity index (χ2n) is 7.23. The summed E-state index contributed by atoms with van der Waals surface area (Å²) in [6.07, 6.45) is 8.89. The Hall–Kier alpha value is -1.62. The van der Waals surface area contributed by atoms with Crippen LogP contribution in [-0.2, 0) is 10.2 Å². The maximum atomic E-state index is 12.3. The zero-order valence-corrected chi connectivity index (χ0v) is 13.5. The van der Waals surface area contributed by atoms with E-state index in [4.69, 9.17) is 4.74 Å². The summed E-state index contributed by atoms with van der Waals surface area (Å²) in [5.74, 6) is 0.517. The normalized spacial score (nSPS) is 31.2. The Morgan fingerprint density at radius 2 is 2.26 bits per heavy atom. The fourth-order valence-corrected chi connectivity index (χ4v) is 4.23. The van der Waals surface area contributed by atoms with Gasteiger partial charge in [-0.3, -0.25) is 4.98 Å². The Morgan fingerprint density at radius 1 is 1.35 bits per heavy atom. The number of nitrogens with zero attached hydrogens (tertiary/aromatic N) is 1. The SMILES string of the molecule is O=C(NCC1(c2ccccn2)CCC1)N[C@@H]1C[C@H]2OCCC[C@@H]12. The Balaban J connectivity index is 1.29. The van der Waals surface area contributed by atoms with Gasteiger partial charge in [-0.15, -0.1) is 0 Å². The third kappa shape index (κ3) is 2.82. The van der Waals surface area contributed by atoms with Crippen LogP contribution in [-0.4, -0.2) is 36.3 Å². The molecule has 0 radical (unpaired) electrons. The first-order valence-corrected chi connectivity index (χ1v) is 8.84. The molecule has 2 N–H and O–H groups in total. The first-order chi connectivity index (χ1) is 11.3. The molecule has 4 rings (SSSR count). The number of carbonyl (C=O) groups is 1. The Bertz CT molecular complexity index is 559. The number of ether oxygens (including phenoxy) is 1. The highest BCUT2D eigenvalue weighted by atomic mass is 16.5. The third-order valence-electron chi connectivity index (χ3n) is 5.92. The maximum Gasteiger partial charge on any atom is 0.315 e. The molecular formula is C18H25N3O2. The fraction of sp³-hybridized carbons (Fsp3) is 0.667. The van der Waals surface area contributed by atoms with E-state index in [0.717, 1.165) is 38.0 Å². The van der Waals surface area contributed by atoms with Crippen molar-refractivity contribution in [2.75, 3.05) is 13.2 Å². The van der Waals surface area contributed by atoms with Crippen molar-refractivity contribution in [3.05, 3.63) is 30.1 Å². The summed E-state index contributed by atoms with van der Waals surface area (Å²) in [7, 11) is 0. The molecule has 1 aromatic rings. The molecule has 2 saturated carbocycles. The topological polar surface area (TPSA) is 63.2 Å². The minimum Gasteiger partial charge on any atom is -0.378 e. The number of amides is 2. The van der Waals surface area contributed by atoms with Gasteiger partial charge in [0, 0.05) is 42.4 Å². The monoisotopic (exact) mass is 315 g/mol. The molecule has 2 amide bonds. The highest BCUT2D eigenvalue weighted by Crippen LogP contribution is 2.42. The van der Waals surface area contributed by atoms with Gasteiger partial charge in [0.1, 0.15) is 0 Å².